The quantitative estimate of drug-likeness (QED) is 0.481. The van der Waals surface area contributed by atoms with E-state index >= 15 is 4.39 Å². The number of hydrogen-bond acceptors (Lipinski definition) is 8. The molecule has 0 radical (unpaired) electrons. The van der Waals surface area contributed by atoms with E-state index in [0.717, 1.165) is 12.8 Å². The van der Waals surface area contributed by atoms with E-state index in [-0.39, 0.29) is 36.2 Å². The van der Waals surface area contributed by atoms with Crippen LogP contribution in [0.25, 0.3) is 0 Å². The molecule has 11 heteroatoms. The molecule has 2 saturated heterocycles. The van der Waals surface area contributed by atoms with Gasteiger partial charge >= 0.3 is 12.1 Å². The third-order valence-electron chi connectivity index (χ3n) is 8.26. The summed E-state index contributed by atoms with van der Waals surface area (Å²) in [5.41, 5.74) is 5.34. The van der Waals surface area contributed by atoms with Crippen LogP contribution in [0.2, 0.25) is 0 Å². The van der Waals surface area contributed by atoms with Crippen molar-refractivity contribution in [2.45, 2.75) is 107 Å². The molecule has 4 N–H and O–H groups in total. The Balaban J connectivity index is 1.40. The number of alkyl carbamates (subject to hydrolysis) is 1. The van der Waals surface area contributed by atoms with Gasteiger partial charge in [0.15, 0.2) is 5.78 Å². The van der Waals surface area contributed by atoms with Gasteiger partial charge in [0.2, 0.25) is 0 Å². The number of Topliss-reactive ketones (excluding diaryl/α,β-unsaturated/α-hetero) is 1. The van der Waals surface area contributed by atoms with Crippen LogP contribution in [0.5, 0.6) is 0 Å². The molecular weight excluding hydrogens is 471 g/mol. The average molecular weight is 509 g/mol. The number of carboxylic acid groups (broad SMARTS) is 1. The first kappa shape index (κ1) is 25.4. The minimum atomic E-state index is -1.37. The Labute approximate surface area is 210 Å². The van der Waals surface area contributed by atoms with Gasteiger partial charge in [-0.1, -0.05) is 0 Å². The maximum atomic E-state index is 15.9. The molecule has 1 amide bonds. The van der Waals surface area contributed by atoms with Gasteiger partial charge in [-0.3, -0.25) is 9.69 Å². The Kier molecular flexibility index (Phi) is 6.53. The summed E-state index contributed by atoms with van der Waals surface area (Å²) in [6.07, 6.45) is 1.44. The Bertz CT molecular complexity index is 953. The van der Waals surface area contributed by atoms with Crippen molar-refractivity contribution < 1.29 is 33.4 Å². The molecule has 2 aliphatic carbocycles. The second-order valence-electron chi connectivity index (χ2n) is 11.9. The maximum absolute atomic E-state index is 15.9. The lowest BCUT2D eigenvalue weighted by molar-refractivity contribution is -0.211. The van der Waals surface area contributed by atoms with Crippen molar-refractivity contribution in [1.29, 1.82) is 0 Å². The molecule has 9 unspecified atom stereocenters. The summed E-state index contributed by atoms with van der Waals surface area (Å²) in [7, 11) is 0. The molecule has 10 nitrogen and oxygen atoms in total. The highest BCUT2D eigenvalue weighted by Crippen LogP contribution is 2.47. The third-order valence-corrected chi connectivity index (χ3v) is 8.26. The third kappa shape index (κ3) is 4.61. The van der Waals surface area contributed by atoms with E-state index in [9.17, 15) is 19.5 Å². The first-order valence-corrected chi connectivity index (χ1v) is 13.0. The number of morpholine rings is 1. The van der Waals surface area contributed by atoms with E-state index < -0.39 is 53.7 Å². The topological polar surface area (TPSA) is 134 Å². The van der Waals surface area contributed by atoms with Crippen LogP contribution >= 0.6 is 0 Å². The summed E-state index contributed by atoms with van der Waals surface area (Å²) in [5, 5.41) is 12.6. The fourth-order valence-electron chi connectivity index (χ4n) is 6.85. The van der Waals surface area contributed by atoms with Crippen LogP contribution in [0.4, 0.5) is 9.18 Å². The molecule has 36 heavy (non-hydrogen) atoms. The summed E-state index contributed by atoms with van der Waals surface area (Å²) in [6.45, 7) is 6.41. The lowest BCUT2D eigenvalue weighted by Crippen LogP contribution is -2.73. The molecule has 0 spiro atoms. The number of nitrogens with two attached hydrogens (primary N) is 1. The number of amides is 1. The second kappa shape index (κ2) is 9.25. The Morgan fingerprint density at radius 1 is 1.22 bits per heavy atom. The number of ketones is 1. The number of nitrogens with one attached hydrogen (secondary N) is 1. The van der Waals surface area contributed by atoms with Gasteiger partial charge in [0.1, 0.15) is 17.3 Å². The minimum absolute atomic E-state index is 0.0367. The Morgan fingerprint density at radius 3 is 2.67 bits per heavy atom. The lowest BCUT2D eigenvalue weighted by atomic mass is 9.69. The number of rotatable bonds is 3. The highest BCUT2D eigenvalue weighted by molar-refractivity contribution is 6.18. The van der Waals surface area contributed by atoms with Crippen LogP contribution in [0.15, 0.2) is 11.8 Å². The molecule has 3 heterocycles. The van der Waals surface area contributed by atoms with Crippen molar-refractivity contribution in [2.75, 3.05) is 13.1 Å². The predicted octanol–water partition coefficient (Wildman–Crippen LogP) is 1.18. The molecule has 2 saturated carbocycles. The minimum Gasteiger partial charge on any atom is -0.478 e. The normalized spacial score (nSPS) is 40.7. The fourth-order valence-corrected chi connectivity index (χ4v) is 6.85. The number of alkyl halides is 1. The van der Waals surface area contributed by atoms with Gasteiger partial charge in [-0.05, 0) is 52.9 Å². The predicted molar refractivity (Wildman–Crippen MR) is 127 cm³/mol. The first-order valence-electron chi connectivity index (χ1n) is 13.0. The molecule has 9 atom stereocenters. The SMILES string of the molecule is CC(C)(C)OC(=O)NC1CCN(C2C(F)CC3C(=O)C(C(=O)O)=CN4C5CCC(N)CC5OC2C34)C1. The van der Waals surface area contributed by atoms with Gasteiger partial charge in [-0.25, -0.2) is 14.0 Å². The smallest absolute Gasteiger partial charge is 0.407 e. The summed E-state index contributed by atoms with van der Waals surface area (Å²) in [4.78, 5) is 41.2. The van der Waals surface area contributed by atoms with Crippen LogP contribution in [-0.4, -0.2) is 100 Å². The van der Waals surface area contributed by atoms with Crippen molar-refractivity contribution >= 4 is 17.8 Å². The van der Waals surface area contributed by atoms with Crippen molar-refractivity contribution in [3.63, 3.8) is 0 Å². The zero-order chi connectivity index (χ0) is 25.9. The first-order chi connectivity index (χ1) is 16.9. The van der Waals surface area contributed by atoms with Crippen LogP contribution in [0.3, 0.4) is 0 Å². The van der Waals surface area contributed by atoms with Crippen molar-refractivity contribution in [3.05, 3.63) is 11.8 Å². The number of carboxylic acids is 1. The van der Waals surface area contributed by atoms with Crippen molar-refractivity contribution in [2.24, 2.45) is 11.7 Å². The fraction of sp³-hybridized carbons (Fsp3) is 0.800. The summed E-state index contributed by atoms with van der Waals surface area (Å²) < 4.78 is 27.8. The summed E-state index contributed by atoms with van der Waals surface area (Å²) in [6, 6.07) is -1.35. The zero-order valence-corrected chi connectivity index (χ0v) is 21.1. The van der Waals surface area contributed by atoms with Crippen molar-refractivity contribution in [1.82, 2.24) is 15.1 Å². The van der Waals surface area contributed by atoms with Gasteiger partial charge in [0, 0.05) is 37.3 Å². The van der Waals surface area contributed by atoms with Crippen LogP contribution in [0, 0.1) is 5.92 Å². The molecule has 0 bridgehead atoms. The Hall–Kier alpha value is -2.24. The number of halogens is 1. The molecule has 5 rings (SSSR count). The highest BCUT2D eigenvalue weighted by atomic mass is 19.1. The van der Waals surface area contributed by atoms with E-state index in [0.29, 0.717) is 25.9 Å². The molecular formula is C25H37FN4O6. The lowest BCUT2D eigenvalue weighted by Gasteiger charge is -2.60. The van der Waals surface area contributed by atoms with Crippen LogP contribution in [-0.2, 0) is 19.1 Å². The number of hydrogen-bond donors (Lipinski definition) is 3. The number of aliphatic carboxylic acids is 1. The number of carbonyl (C=O) groups is 3. The maximum Gasteiger partial charge on any atom is 0.407 e. The number of ether oxygens (including phenoxy) is 2. The molecule has 5 aliphatic rings. The number of nitrogens with zero attached hydrogens (tertiary/aromatic N) is 2. The monoisotopic (exact) mass is 508 g/mol. The van der Waals surface area contributed by atoms with Crippen LogP contribution in [0.1, 0.15) is 52.9 Å². The average Bonchev–Trinajstić information content (AvgIpc) is 3.21. The summed E-state index contributed by atoms with van der Waals surface area (Å²) >= 11 is 0. The number of carbonyl (C=O) groups excluding carboxylic acids is 2. The zero-order valence-electron chi connectivity index (χ0n) is 21.1. The molecule has 3 aliphatic heterocycles. The van der Waals surface area contributed by atoms with Gasteiger partial charge in [0.05, 0.1) is 30.3 Å². The number of likely N-dealkylation sites (tertiary alicyclic amines) is 1. The van der Waals surface area contributed by atoms with Crippen LogP contribution < -0.4 is 11.1 Å². The standard InChI is InChI=1S/C25H37FN4O6/c1-25(2,3)36-24(34)28-13-6-7-29(10-13)20-16(26)9-14-19-22(20)35-18-8-12(27)4-5-17(18)30(19)11-15(21(14)31)23(32)33/h11-14,16-20,22H,4-10,27H2,1-3H3,(H,28,34)(H,32,33). The van der Waals surface area contributed by atoms with Gasteiger partial charge in [0.25, 0.3) is 0 Å². The molecule has 200 valence electrons. The van der Waals surface area contributed by atoms with E-state index in [2.05, 4.69) is 5.32 Å². The summed E-state index contributed by atoms with van der Waals surface area (Å²) in [5.74, 6) is -2.57. The van der Waals surface area contributed by atoms with Gasteiger partial charge in [-0.15, -0.1) is 0 Å². The highest BCUT2D eigenvalue weighted by Gasteiger charge is 2.60. The van der Waals surface area contributed by atoms with Gasteiger partial charge < -0.3 is 30.5 Å². The molecule has 0 aromatic rings. The van der Waals surface area contributed by atoms with E-state index in [4.69, 9.17) is 15.2 Å². The number of fused-ring (bicyclic) bond motifs is 2. The van der Waals surface area contributed by atoms with E-state index in [1.807, 2.05) is 9.80 Å². The molecule has 4 fully saturated rings. The van der Waals surface area contributed by atoms with E-state index in [1.54, 1.807) is 20.8 Å². The largest absolute Gasteiger partial charge is 0.478 e. The van der Waals surface area contributed by atoms with Gasteiger partial charge in [-0.2, -0.15) is 0 Å². The molecule has 0 aromatic carbocycles. The van der Waals surface area contributed by atoms with Crippen molar-refractivity contribution in [3.8, 4) is 0 Å². The second-order valence-corrected chi connectivity index (χ2v) is 11.9. The Morgan fingerprint density at radius 2 is 1.97 bits per heavy atom. The van der Waals surface area contributed by atoms with E-state index in [1.165, 1.54) is 6.20 Å². The molecule has 0 aromatic heterocycles.